The highest BCUT2D eigenvalue weighted by molar-refractivity contribution is 6.32. The third kappa shape index (κ3) is 4.19. The molecule has 3 heteroatoms. The van der Waals surface area contributed by atoms with E-state index in [1.165, 1.54) is 16.7 Å². The smallest absolute Gasteiger partial charge is 0.335 e. The fourth-order valence-corrected chi connectivity index (χ4v) is 3.72. The van der Waals surface area contributed by atoms with Gasteiger partial charge in [-0.3, -0.25) is 0 Å². The number of halogens is 1. The molecule has 0 aliphatic heterocycles. The Hall–Kier alpha value is -2.06. The van der Waals surface area contributed by atoms with Crippen molar-refractivity contribution in [1.82, 2.24) is 0 Å². The van der Waals surface area contributed by atoms with Gasteiger partial charge in [0.2, 0.25) is 0 Å². The first-order valence-electron chi connectivity index (χ1n) is 9.36. The van der Waals surface area contributed by atoms with Crippen molar-refractivity contribution in [2.75, 3.05) is 0 Å². The Morgan fingerprint density at radius 3 is 2.42 bits per heavy atom. The predicted molar refractivity (Wildman–Crippen MR) is 110 cm³/mol. The molecule has 26 heavy (non-hydrogen) atoms. The highest BCUT2D eigenvalue weighted by Crippen LogP contribution is 2.39. The second-order valence-corrected chi connectivity index (χ2v) is 6.80. The Kier molecular flexibility index (Phi) is 7.05. The van der Waals surface area contributed by atoms with Crippen molar-refractivity contribution < 1.29 is 9.90 Å². The Bertz CT molecular complexity index is 834. The van der Waals surface area contributed by atoms with Crippen LogP contribution in [0.2, 0.25) is 5.02 Å². The summed E-state index contributed by atoms with van der Waals surface area (Å²) in [5.41, 5.74) is 7.10. The lowest BCUT2D eigenvalue weighted by atomic mass is 9.82. The maximum Gasteiger partial charge on any atom is 0.335 e. The molecule has 138 valence electrons. The molecule has 1 aliphatic rings. The summed E-state index contributed by atoms with van der Waals surface area (Å²) >= 11 is 6.58. The van der Waals surface area contributed by atoms with E-state index >= 15 is 0 Å². The minimum Gasteiger partial charge on any atom is -0.478 e. The lowest BCUT2D eigenvalue weighted by molar-refractivity contribution is 0.0697. The van der Waals surface area contributed by atoms with Gasteiger partial charge in [-0.15, -0.1) is 0 Å². The third-order valence-corrected chi connectivity index (χ3v) is 4.98. The molecular formula is C23H27ClO2. The van der Waals surface area contributed by atoms with Crippen molar-refractivity contribution in [1.29, 1.82) is 0 Å². The largest absolute Gasteiger partial charge is 0.478 e. The van der Waals surface area contributed by atoms with Gasteiger partial charge < -0.3 is 5.11 Å². The van der Waals surface area contributed by atoms with Gasteiger partial charge in [0.1, 0.15) is 0 Å². The number of hydrogen-bond donors (Lipinski definition) is 1. The van der Waals surface area contributed by atoms with Crippen LogP contribution in [0.4, 0.5) is 0 Å². The monoisotopic (exact) mass is 370 g/mol. The Balaban J connectivity index is 0.00000117. The lowest BCUT2D eigenvalue weighted by Crippen LogP contribution is -2.08. The minimum absolute atomic E-state index is 0.319. The molecule has 0 heterocycles. The van der Waals surface area contributed by atoms with E-state index in [0.29, 0.717) is 5.56 Å². The molecule has 0 unspecified atom stereocenters. The van der Waals surface area contributed by atoms with Gasteiger partial charge in [0.05, 0.1) is 5.56 Å². The van der Waals surface area contributed by atoms with E-state index < -0.39 is 5.97 Å². The normalized spacial score (nSPS) is 13.0. The van der Waals surface area contributed by atoms with Crippen LogP contribution in [0.5, 0.6) is 0 Å². The second-order valence-electron chi connectivity index (χ2n) is 6.40. The maximum atomic E-state index is 11.4. The van der Waals surface area contributed by atoms with Gasteiger partial charge in [0.25, 0.3) is 0 Å². The molecule has 0 bridgehead atoms. The number of aromatic carboxylic acids is 1. The predicted octanol–water partition coefficient (Wildman–Crippen LogP) is 6.78. The summed E-state index contributed by atoms with van der Waals surface area (Å²) in [7, 11) is 0. The molecule has 2 aromatic rings. The number of aryl methyl sites for hydroxylation is 2. The number of fused-ring (bicyclic) bond motifs is 1. The molecule has 2 aromatic carbocycles. The molecule has 0 aromatic heterocycles. The van der Waals surface area contributed by atoms with Gasteiger partial charge in [-0.2, -0.15) is 0 Å². The van der Waals surface area contributed by atoms with Crippen molar-refractivity contribution in [2.45, 2.75) is 53.4 Å². The summed E-state index contributed by atoms with van der Waals surface area (Å²) in [5.74, 6) is -0.898. The molecule has 0 fully saturated rings. The average Bonchev–Trinajstić information content (AvgIpc) is 2.64. The van der Waals surface area contributed by atoms with Crippen LogP contribution in [-0.2, 0) is 12.8 Å². The molecule has 1 N–H and O–H groups in total. The summed E-state index contributed by atoms with van der Waals surface area (Å²) in [6, 6.07) is 11.6. The van der Waals surface area contributed by atoms with E-state index in [9.17, 15) is 9.90 Å². The van der Waals surface area contributed by atoms with Crippen LogP contribution < -0.4 is 0 Å². The van der Waals surface area contributed by atoms with E-state index in [1.807, 2.05) is 26.0 Å². The van der Waals surface area contributed by atoms with E-state index in [4.69, 9.17) is 11.6 Å². The fraction of sp³-hybridized carbons (Fsp3) is 0.348. The number of carbonyl (C=O) groups is 1. The van der Waals surface area contributed by atoms with Gasteiger partial charge in [-0.1, -0.05) is 62.6 Å². The zero-order valence-corrected chi connectivity index (χ0v) is 16.8. The first-order valence-corrected chi connectivity index (χ1v) is 9.74. The fourth-order valence-electron chi connectivity index (χ4n) is 3.42. The molecule has 0 saturated heterocycles. The molecule has 2 nitrogen and oxygen atoms in total. The Labute approximate surface area is 161 Å². The number of carboxylic acid groups (broad SMARTS) is 1. The van der Waals surface area contributed by atoms with Crippen LogP contribution in [0.3, 0.4) is 0 Å². The number of benzene rings is 2. The van der Waals surface area contributed by atoms with E-state index in [-0.39, 0.29) is 0 Å². The summed E-state index contributed by atoms with van der Waals surface area (Å²) in [5, 5.41) is 10.1. The van der Waals surface area contributed by atoms with Crippen LogP contribution in [0.15, 0.2) is 42.0 Å². The molecule has 0 radical (unpaired) electrons. The standard InChI is InChI=1S/C21H21ClO2.C2H6/c1-3-4-14-6-10-17(19(22)11-14)20-13(2)5-7-15-8-9-16(21(23)24)12-18(15)20;1-2/h6,8-12H,3-5,7H2,1-2H3,(H,23,24);1-2H3. The highest BCUT2D eigenvalue weighted by atomic mass is 35.5. The van der Waals surface area contributed by atoms with Crippen molar-refractivity contribution >= 4 is 23.1 Å². The van der Waals surface area contributed by atoms with Crippen molar-refractivity contribution in [3.05, 3.63) is 74.8 Å². The van der Waals surface area contributed by atoms with Gasteiger partial charge in [0, 0.05) is 10.6 Å². The van der Waals surface area contributed by atoms with Crippen LogP contribution in [-0.4, -0.2) is 11.1 Å². The topological polar surface area (TPSA) is 37.3 Å². The summed E-state index contributed by atoms with van der Waals surface area (Å²) in [6.45, 7) is 8.27. The number of allylic oxidation sites excluding steroid dienone is 1. The number of hydrogen-bond acceptors (Lipinski definition) is 1. The molecular weight excluding hydrogens is 344 g/mol. The molecule has 1 aliphatic carbocycles. The zero-order valence-electron chi connectivity index (χ0n) is 16.0. The second kappa shape index (κ2) is 9.05. The van der Waals surface area contributed by atoms with Crippen LogP contribution in [0, 0.1) is 0 Å². The molecule has 0 saturated carbocycles. The zero-order chi connectivity index (χ0) is 19.3. The Morgan fingerprint density at radius 1 is 1.08 bits per heavy atom. The van der Waals surface area contributed by atoms with Crippen molar-refractivity contribution in [3.63, 3.8) is 0 Å². The average molecular weight is 371 g/mol. The first kappa shape index (κ1) is 20.3. The summed E-state index contributed by atoms with van der Waals surface area (Å²) in [4.78, 5) is 11.4. The van der Waals surface area contributed by atoms with Gasteiger partial charge in [0.15, 0.2) is 0 Å². The first-order chi connectivity index (χ1) is 12.5. The molecule has 0 atom stereocenters. The van der Waals surface area contributed by atoms with Gasteiger partial charge in [-0.05, 0) is 66.6 Å². The van der Waals surface area contributed by atoms with Gasteiger partial charge in [-0.25, -0.2) is 4.79 Å². The van der Waals surface area contributed by atoms with Crippen molar-refractivity contribution in [2.24, 2.45) is 0 Å². The molecule has 3 rings (SSSR count). The van der Waals surface area contributed by atoms with E-state index in [1.54, 1.807) is 12.1 Å². The van der Waals surface area contributed by atoms with Gasteiger partial charge >= 0.3 is 5.97 Å². The highest BCUT2D eigenvalue weighted by Gasteiger charge is 2.21. The van der Waals surface area contributed by atoms with Crippen LogP contribution >= 0.6 is 11.6 Å². The SMILES string of the molecule is CC.CCCc1ccc(C2=C(C)CCc3ccc(C(=O)O)cc32)c(Cl)c1. The van der Waals surface area contributed by atoms with E-state index in [2.05, 4.69) is 26.0 Å². The van der Waals surface area contributed by atoms with Crippen molar-refractivity contribution in [3.8, 4) is 0 Å². The van der Waals surface area contributed by atoms with E-state index in [0.717, 1.165) is 47.4 Å². The van der Waals surface area contributed by atoms with Crippen LogP contribution in [0.1, 0.15) is 73.1 Å². The molecule has 0 spiro atoms. The number of rotatable bonds is 4. The van der Waals surface area contributed by atoms with Crippen LogP contribution in [0.25, 0.3) is 5.57 Å². The Morgan fingerprint density at radius 2 is 1.81 bits per heavy atom. The maximum absolute atomic E-state index is 11.4. The lowest BCUT2D eigenvalue weighted by Gasteiger charge is -2.23. The minimum atomic E-state index is -0.898. The summed E-state index contributed by atoms with van der Waals surface area (Å²) < 4.78 is 0. The third-order valence-electron chi connectivity index (χ3n) is 4.66. The summed E-state index contributed by atoms with van der Waals surface area (Å²) in [6.07, 6.45) is 4.01. The molecule has 0 amide bonds. The number of carboxylic acids is 1. The quantitative estimate of drug-likeness (QED) is 0.643.